The standard InChI is InChI=1S/C16H17N3O4/c20-14(21)9-16(5-7-23-8-6-16)19-15(22)13-10-17-11-3-1-2-4-12(11)18-13/h1-4,10H,5-9H2,(H,19,22)(H,20,21). The number of benzene rings is 1. The predicted molar refractivity (Wildman–Crippen MR) is 82.0 cm³/mol. The lowest BCUT2D eigenvalue weighted by Crippen LogP contribution is -2.53. The normalized spacial score (nSPS) is 16.9. The van der Waals surface area contributed by atoms with Crippen LogP contribution in [0, 0.1) is 0 Å². The Kier molecular flexibility index (Phi) is 4.20. The Morgan fingerprint density at radius 1 is 1.22 bits per heavy atom. The summed E-state index contributed by atoms with van der Waals surface area (Å²) in [5.74, 6) is -1.36. The van der Waals surface area contributed by atoms with Crippen LogP contribution >= 0.6 is 0 Å². The fourth-order valence-corrected chi connectivity index (χ4v) is 2.77. The fraction of sp³-hybridized carbons (Fsp3) is 0.375. The van der Waals surface area contributed by atoms with Gasteiger partial charge in [-0.1, -0.05) is 12.1 Å². The number of carbonyl (C=O) groups is 2. The third kappa shape index (κ3) is 3.45. The van der Waals surface area contributed by atoms with Gasteiger partial charge in [0.2, 0.25) is 0 Å². The lowest BCUT2D eigenvalue weighted by molar-refractivity contribution is -0.139. The first-order chi connectivity index (χ1) is 11.1. The smallest absolute Gasteiger partial charge is 0.305 e. The van der Waals surface area contributed by atoms with Crippen molar-refractivity contribution in [1.29, 1.82) is 0 Å². The molecule has 0 unspecified atom stereocenters. The number of fused-ring (bicyclic) bond motifs is 1. The third-order valence-electron chi connectivity index (χ3n) is 4.00. The summed E-state index contributed by atoms with van der Waals surface area (Å²) in [6.45, 7) is 0.855. The van der Waals surface area contributed by atoms with Crippen molar-refractivity contribution in [2.45, 2.75) is 24.8 Å². The second kappa shape index (κ2) is 6.29. The number of nitrogens with zero attached hydrogens (tertiary/aromatic N) is 2. The van der Waals surface area contributed by atoms with Crippen molar-refractivity contribution in [2.24, 2.45) is 0 Å². The Balaban J connectivity index is 1.83. The zero-order valence-electron chi connectivity index (χ0n) is 12.5. The first-order valence-corrected chi connectivity index (χ1v) is 7.42. The first-order valence-electron chi connectivity index (χ1n) is 7.42. The van der Waals surface area contributed by atoms with Crippen LogP contribution in [0.2, 0.25) is 0 Å². The largest absolute Gasteiger partial charge is 0.481 e. The summed E-state index contributed by atoms with van der Waals surface area (Å²) in [5, 5.41) is 12.0. The first kappa shape index (κ1) is 15.4. The van der Waals surface area contributed by atoms with Crippen molar-refractivity contribution in [3.8, 4) is 0 Å². The van der Waals surface area contributed by atoms with E-state index < -0.39 is 17.4 Å². The van der Waals surface area contributed by atoms with E-state index in [1.165, 1.54) is 6.20 Å². The molecule has 1 saturated heterocycles. The monoisotopic (exact) mass is 315 g/mol. The van der Waals surface area contributed by atoms with Crippen molar-refractivity contribution < 1.29 is 19.4 Å². The zero-order valence-corrected chi connectivity index (χ0v) is 12.5. The SMILES string of the molecule is O=C(O)CC1(NC(=O)c2cnc3ccccc3n2)CCOCC1. The van der Waals surface area contributed by atoms with Crippen LogP contribution < -0.4 is 5.32 Å². The lowest BCUT2D eigenvalue weighted by Gasteiger charge is -2.36. The molecule has 0 bridgehead atoms. The van der Waals surface area contributed by atoms with E-state index in [1.54, 1.807) is 6.07 Å². The molecule has 3 rings (SSSR count). The molecule has 2 aromatic rings. The summed E-state index contributed by atoms with van der Waals surface area (Å²) >= 11 is 0. The maximum Gasteiger partial charge on any atom is 0.305 e. The molecule has 23 heavy (non-hydrogen) atoms. The Labute approximate surface area is 132 Å². The van der Waals surface area contributed by atoms with E-state index in [4.69, 9.17) is 9.84 Å². The maximum atomic E-state index is 12.5. The Morgan fingerprint density at radius 3 is 2.61 bits per heavy atom. The van der Waals surface area contributed by atoms with Gasteiger partial charge in [-0.25, -0.2) is 4.98 Å². The quantitative estimate of drug-likeness (QED) is 0.884. The summed E-state index contributed by atoms with van der Waals surface area (Å²) in [5.41, 5.74) is 0.712. The van der Waals surface area contributed by atoms with E-state index in [9.17, 15) is 9.59 Å². The molecular weight excluding hydrogens is 298 g/mol. The Hall–Kier alpha value is -2.54. The summed E-state index contributed by atoms with van der Waals surface area (Å²) in [6, 6.07) is 7.26. The van der Waals surface area contributed by atoms with Crippen LogP contribution in [0.1, 0.15) is 29.8 Å². The van der Waals surface area contributed by atoms with E-state index in [1.807, 2.05) is 18.2 Å². The van der Waals surface area contributed by atoms with Crippen molar-refractivity contribution in [2.75, 3.05) is 13.2 Å². The van der Waals surface area contributed by atoms with Gasteiger partial charge in [0.1, 0.15) is 5.69 Å². The summed E-state index contributed by atoms with van der Waals surface area (Å²) < 4.78 is 5.28. The molecular formula is C16H17N3O4. The summed E-state index contributed by atoms with van der Waals surface area (Å²) in [7, 11) is 0. The molecule has 7 nitrogen and oxygen atoms in total. The number of carboxylic acid groups (broad SMARTS) is 1. The van der Waals surface area contributed by atoms with Crippen LogP contribution in [0.3, 0.4) is 0 Å². The number of nitrogens with one attached hydrogen (secondary N) is 1. The van der Waals surface area contributed by atoms with E-state index in [-0.39, 0.29) is 12.1 Å². The lowest BCUT2D eigenvalue weighted by atomic mass is 9.86. The van der Waals surface area contributed by atoms with Gasteiger partial charge < -0.3 is 15.2 Å². The molecule has 0 atom stereocenters. The molecule has 2 N–H and O–H groups in total. The number of aromatic nitrogens is 2. The predicted octanol–water partition coefficient (Wildman–Crippen LogP) is 1.38. The molecule has 120 valence electrons. The molecule has 2 heterocycles. The highest BCUT2D eigenvalue weighted by atomic mass is 16.5. The number of hydrogen-bond acceptors (Lipinski definition) is 5. The maximum absolute atomic E-state index is 12.5. The number of hydrogen-bond donors (Lipinski definition) is 2. The highest BCUT2D eigenvalue weighted by molar-refractivity contribution is 5.94. The molecule has 7 heteroatoms. The second-order valence-corrected chi connectivity index (χ2v) is 5.66. The topological polar surface area (TPSA) is 101 Å². The van der Waals surface area contributed by atoms with Gasteiger partial charge in [-0.15, -0.1) is 0 Å². The molecule has 1 fully saturated rings. The minimum Gasteiger partial charge on any atom is -0.481 e. The molecule has 0 aliphatic carbocycles. The van der Waals surface area contributed by atoms with E-state index in [0.717, 1.165) is 0 Å². The van der Waals surface area contributed by atoms with Gasteiger partial charge in [-0.3, -0.25) is 14.6 Å². The van der Waals surface area contributed by atoms with Gasteiger partial charge in [-0.2, -0.15) is 0 Å². The summed E-state index contributed by atoms with van der Waals surface area (Å²) in [6.07, 6.45) is 2.20. The highest BCUT2D eigenvalue weighted by Crippen LogP contribution is 2.25. The molecule has 0 saturated carbocycles. The second-order valence-electron chi connectivity index (χ2n) is 5.66. The van der Waals surface area contributed by atoms with Gasteiger partial charge in [0.25, 0.3) is 5.91 Å². The van der Waals surface area contributed by atoms with Crippen LogP contribution in [0.25, 0.3) is 11.0 Å². The molecule has 0 radical (unpaired) electrons. The number of ether oxygens (including phenoxy) is 1. The minimum atomic E-state index is -0.947. The number of amides is 1. The van der Waals surface area contributed by atoms with Crippen molar-refractivity contribution in [1.82, 2.24) is 15.3 Å². The van der Waals surface area contributed by atoms with Crippen LogP contribution in [-0.2, 0) is 9.53 Å². The van der Waals surface area contributed by atoms with Gasteiger partial charge >= 0.3 is 5.97 Å². The average Bonchev–Trinajstić information content (AvgIpc) is 2.54. The Bertz CT molecular complexity index is 741. The third-order valence-corrected chi connectivity index (χ3v) is 4.00. The van der Waals surface area contributed by atoms with E-state index in [0.29, 0.717) is 37.1 Å². The molecule has 1 aromatic heterocycles. The highest BCUT2D eigenvalue weighted by Gasteiger charge is 2.37. The number of rotatable bonds is 4. The number of para-hydroxylation sites is 2. The molecule has 0 spiro atoms. The van der Waals surface area contributed by atoms with Crippen LogP contribution in [0.15, 0.2) is 30.5 Å². The Morgan fingerprint density at radius 2 is 1.91 bits per heavy atom. The number of carbonyl (C=O) groups excluding carboxylic acids is 1. The number of aliphatic carboxylic acids is 1. The number of carboxylic acids is 1. The average molecular weight is 315 g/mol. The van der Waals surface area contributed by atoms with Crippen LogP contribution in [0.5, 0.6) is 0 Å². The molecule has 1 aliphatic rings. The summed E-state index contributed by atoms with van der Waals surface area (Å²) in [4.78, 5) is 32.2. The van der Waals surface area contributed by atoms with Crippen LogP contribution in [0.4, 0.5) is 0 Å². The molecule has 1 aliphatic heterocycles. The van der Waals surface area contributed by atoms with Crippen molar-refractivity contribution in [3.63, 3.8) is 0 Å². The van der Waals surface area contributed by atoms with E-state index >= 15 is 0 Å². The van der Waals surface area contributed by atoms with E-state index in [2.05, 4.69) is 15.3 Å². The van der Waals surface area contributed by atoms with Gasteiger partial charge in [0.05, 0.1) is 29.2 Å². The van der Waals surface area contributed by atoms with Gasteiger partial charge in [-0.05, 0) is 25.0 Å². The van der Waals surface area contributed by atoms with Gasteiger partial charge in [0.15, 0.2) is 0 Å². The molecule has 1 amide bonds. The van der Waals surface area contributed by atoms with Gasteiger partial charge in [0, 0.05) is 13.2 Å². The van der Waals surface area contributed by atoms with Crippen molar-refractivity contribution in [3.05, 3.63) is 36.2 Å². The molecule has 1 aromatic carbocycles. The van der Waals surface area contributed by atoms with Crippen LogP contribution in [-0.4, -0.2) is 45.7 Å². The fourth-order valence-electron chi connectivity index (χ4n) is 2.77. The van der Waals surface area contributed by atoms with Crippen molar-refractivity contribution >= 4 is 22.9 Å². The zero-order chi connectivity index (χ0) is 16.3. The minimum absolute atomic E-state index is 0.136.